The zero-order valence-corrected chi connectivity index (χ0v) is 17.2. The molecular formula is C22H24N4O3. The minimum absolute atomic E-state index is 0.277. The van der Waals surface area contributed by atoms with Crippen molar-refractivity contribution < 1.29 is 14.3 Å². The summed E-state index contributed by atoms with van der Waals surface area (Å²) in [7, 11) is 3.15. The Bertz CT molecular complexity index is 1030. The second-order valence-corrected chi connectivity index (χ2v) is 6.74. The van der Waals surface area contributed by atoms with Gasteiger partial charge in [0.05, 0.1) is 14.2 Å². The molecule has 2 N–H and O–H groups in total. The molecule has 0 bridgehead atoms. The first kappa shape index (κ1) is 20.1. The van der Waals surface area contributed by atoms with Crippen molar-refractivity contribution in [1.29, 1.82) is 0 Å². The lowest BCUT2D eigenvalue weighted by atomic mass is 10.1. The minimum atomic E-state index is -0.295. The van der Waals surface area contributed by atoms with E-state index in [2.05, 4.69) is 26.7 Å². The van der Waals surface area contributed by atoms with Crippen LogP contribution in [0.2, 0.25) is 0 Å². The van der Waals surface area contributed by atoms with Gasteiger partial charge in [0.2, 0.25) is 5.95 Å². The van der Waals surface area contributed by atoms with Gasteiger partial charge >= 0.3 is 0 Å². The molecule has 0 spiro atoms. The van der Waals surface area contributed by atoms with Crippen molar-refractivity contribution >= 4 is 23.2 Å². The van der Waals surface area contributed by atoms with Crippen LogP contribution in [0.5, 0.6) is 11.5 Å². The quantitative estimate of drug-likeness (QED) is 0.646. The third-order valence-corrected chi connectivity index (χ3v) is 4.21. The number of anilines is 3. The number of aromatic nitrogens is 2. The molecule has 0 aliphatic carbocycles. The molecule has 0 saturated carbocycles. The molecule has 3 aromatic rings. The standard InChI is InChI=1S/C22H24N4O3/c1-13-8-14(2)10-17(9-13)24-21(27)18-11-15(3)23-22(26-18)25-16-6-7-19(28-4)20(12-16)29-5/h6-12H,1-5H3,(H,24,27)(H,23,25,26). The van der Waals surface area contributed by atoms with E-state index in [1.807, 2.05) is 39.0 Å². The van der Waals surface area contributed by atoms with Crippen LogP contribution in [0.15, 0.2) is 42.5 Å². The molecule has 0 aliphatic heterocycles. The van der Waals surface area contributed by atoms with E-state index in [0.29, 0.717) is 28.8 Å². The van der Waals surface area contributed by atoms with Gasteiger partial charge in [0.1, 0.15) is 5.69 Å². The summed E-state index contributed by atoms with van der Waals surface area (Å²) in [5.41, 5.74) is 4.56. The number of nitrogens with one attached hydrogen (secondary N) is 2. The van der Waals surface area contributed by atoms with E-state index in [4.69, 9.17) is 9.47 Å². The fourth-order valence-electron chi connectivity index (χ4n) is 3.03. The molecule has 0 aliphatic rings. The van der Waals surface area contributed by atoms with Gasteiger partial charge in [0.25, 0.3) is 5.91 Å². The van der Waals surface area contributed by atoms with Gasteiger partial charge in [-0.1, -0.05) is 6.07 Å². The van der Waals surface area contributed by atoms with E-state index in [0.717, 1.165) is 16.8 Å². The molecule has 0 atom stereocenters. The number of hydrogen-bond donors (Lipinski definition) is 2. The van der Waals surface area contributed by atoms with Crippen molar-refractivity contribution in [2.24, 2.45) is 0 Å². The molecule has 0 unspecified atom stereocenters. The van der Waals surface area contributed by atoms with Crippen LogP contribution in [0.25, 0.3) is 0 Å². The lowest BCUT2D eigenvalue weighted by Crippen LogP contribution is -2.15. The second kappa shape index (κ2) is 8.60. The van der Waals surface area contributed by atoms with Gasteiger partial charge in [0, 0.05) is 23.1 Å². The van der Waals surface area contributed by atoms with Crippen LogP contribution < -0.4 is 20.1 Å². The summed E-state index contributed by atoms with van der Waals surface area (Å²) in [4.78, 5) is 21.4. The Morgan fingerprint density at radius 2 is 1.52 bits per heavy atom. The van der Waals surface area contributed by atoms with E-state index < -0.39 is 0 Å². The molecule has 2 aromatic carbocycles. The van der Waals surface area contributed by atoms with Gasteiger partial charge in [-0.25, -0.2) is 9.97 Å². The van der Waals surface area contributed by atoms with Crippen LogP contribution in [0.1, 0.15) is 27.3 Å². The predicted molar refractivity (Wildman–Crippen MR) is 113 cm³/mol. The van der Waals surface area contributed by atoms with Crippen LogP contribution >= 0.6 is 0 Å². The van der Waals surface area contributed by atoms with Crippen molar-refractivity contribution in [2.45, 2.75) is 20.8 Å². The maximum Gasteiger partial charge on any atom is 0.274 e. The molecule has 3 rings (SSSR count). The number of aryl methyl sites for hydroxylation is 3. The molecular weight excluding hydrogens is 368 g/mol. The highest BCUT2D eigenvalue weighted by atomic mass is 16.5. The van der Waals surface area contributed by atoms with Crippen LogP contribution in [0.3, 0.4) is 0 Å². The van der Waals surface area contributed by atoms with Gasteiger partial charge in [-0.3, -0.25) is 4.79 Å². The number of amides is 1. The van der Waals surface area contributed by atoms with E-state index in [-0.39, 0.29) is 11.6 Å². The van der Waals surface area contributed by atoms with Gasteiger partial charge in [-0.15, -0.1) is 0 Å². The summed E-state index contributed by atoms with van der Waals surface area (Å²) in [6.45, 7) is 5.79. The lowest BCUT2D eigenvalue weighted by Gasteiger charge is -2.12. The summed E-state index contributed by atoms with van der Waals surface area (Å²) in [6, 6.07) is 12.9. The summed E-state index contributed by atoms with van der Waals surface area (Å²) >= 11 is 0. The highest BCUT2D eigenvalue weighted by molar-refractivity contribution is 6.03. The smallest absolute Gasteiger partial charge is 0.274 e. The van der Waals surface area contributed by atoms with Crippen LogP contribution in [0.4, 0.5) is 17.3 Å². The molecule has 0 radical (unpaired) electrons. The average Bonchev–Trinajstić information content (AvgIpc) is 2.66. The van der Waals surface area contributed by atoms with Crippen LogP contribution in [-0.2, 0) is 0 Å². The Balaban J connectivity index is 1.83. The molecule has 7 heteroatoms. The Kier molecular flexibility index (Phi) is 5.97. The van der Waals surface area contributed by atoms with Crippen LogP contribution in [-0.4, -0.2) is 30.1 Å². The van der Waals surface area contributed by atoms with Crippen molar-refractivity contribution in [3.63, 3.8) is 0 Å². The number of methoxy groups -OCH3 is 2. The largest absolute Gasteiger partial charge is 0.493 e. The topological polar surface area (TPSA) is 85.4 Å². The first-order valence-electron chi connectivity index (χ1n) is 9.12. The zero-order valence-electron chi connectivity index (χ0n) is 17.2. The third-order valence-electron chi connectivity index (χ3n) is 4.21. The Labute approximate surface area is 170 Å². The van der Waals surface area contributed by atoms with E-state index in [9.17, 15) is 4.79 Å². The van der Waals surface area contributed by atoms with E-state index in [1.54, 1.807) is 32.4 Å². The monoisotopic (exact) mass is 392 g/mol. The summed E-state index contributed by atoms with van der Waals surface area (Å²) in [6.07, 6.45) is 0. The van der Waals surface area contributed by atoms with Gasteiger partial charge < -0.3 is 20.1 Å². The van der Waals surface area contributed by atoms with E-state index >= 15 is 0 Å². The third kappa shape index (κ3) is 5.01. The highest BCUT2D eigenvalue weighted by Crippen LogP contribution is 2.30. The average molecular weight is 392 g/mol. The molecule has 29 heavy (non-hydrogen) atoms. The van der Waals surface area contributed by atoms with Crippen molar-refractivity contribution in [1.82, 2.24) is 9.97 Å². The molecule has 1 aromatic heterocycles. The molecule has 0 saturated heterocycles. The van der Waals surface area contributed by atoms with E-state index in [1.165, 1.54) is 0 Å². The van der Waals surface area contributed by atoms with Crippen LogP contribution in [0, 0.1) is 20.8 Å². The van der Waals surface area contributed by atoms with Gasteiger partial charge in [0.15, 0.2) is 11.5 Å². The fraction of sp³-hybridized carbons (Fsp3) is 0.227. The SMILES string of the molecule is COc1ccc(Nc2nc(C)cc(C(=O)Nc3cc(C)cc(C)c3)n2)cc1OC. The number of carbonyl (C=O) groups is 1. The molecule has 1 amide bonds. The summed E-state index contributed by atoms with van der Waals surface area (Å²) in [5.74, 6) is 1.23. The number of carbonyl (C=O) groups excluding carboxylic acids is 1. The lowest BCUT2D eigenvalue weighted by molar-refractivity contribution is 0.102. The molecule has 150 valence electrons. The minimum Gasteiger partial charge on any atom is -0.493 e. The Morgan fingerprint density at radius 1 is 0.828 bits per heavy atom. The van der Waals surface area contributed by atoms with Gasteiger partial charge in [-0.05, 0) is 62.2 Å². The summed E-state index contributed by atoms with van der Waals surface area (Å²) < 4.78 is 10.6. The van der Waals surface area contributed by atoms with Crippen molar-refractivity contribution in [3.05, 3.63) is 65.0 Å². The molecule has 1 heterocycles. The first-order valence-corrected chi connectivity index (χ1v) is 9.12. The maximum absolute atomic E-state index is 12.7. The number of benzene rings is 2. The van der Waals surface area contributed by atoms with Gasteiger partial charge in [-0.2, -0.15) is 0 Å². The number of nitrogens with zero attached hydrogens (tertiary/aromatic N) is 2. The fourth-order valence-corrected chi connectivity index (χ4v) is 3.03. The second-order valence-electron chi connectivity index (χ2n) is 6.74. The molecule has 0 fully saturated rings. The summed E-state index contributed by atoms with van der Waals surface area (Å²) in [5, 5.41) is 6.01. The molecule has 7 nitrogen and oxygen atoms in total. The highest BCUT2D eigenvalue weighted by Gasteiger charge is 2.13. The normalized spacial score (nSPS) is 10.4. The Hall–Kier alpha value is -3.61. The number of hydrogen-bond acceptors (Lipinski definition) is 6. The van der Waals surface area contributed by atoms with Crippen molar-refractivity contribution in [2.75, 3.05) is 24.9 Å². The first-order chi connectivity index (χ1) is 13.9. The van der Waals surface area contributed by atoms with Crippen molar-refractivity contribution in [3.8, 4) is 11.5 Å². The number of rotatable bonds is 6. The Morgan fingerprint density at radius 3 is 2.17 bits per heavy atom. The zero-order chi connectivity index (χ0) is 21.0. The number of ether oxygens (including phenoxy) is 2. The predicted octanol–water partition coefficient (Wildman–Crippen LogP) is 4.41. The maximum atomic E-state index is 12.7.